The maximum Gasteiger partial charge on any atom is 0.169 e. The van der Waals surface area contributed by atoms with Crippen LogP contribution in [0.3, 0.4) is 0 Å². The van der Waals surface area contributed by atoms with Gasteiger partial charge in [0.15, 0.2) is 11.5 Å². The third-order valence-corrected chi connectivity index (χ3v) is 3.28. The second-order valence-corrected chi connectivity index (χ2v) is 5.13. The summed E-state index contributed by atoms with van der Waals surface area (Å²) >= 11 is 3.43. The van der Waals surface area contributed by atoms with Gasteiger partial charge in [0.05, 0.1) is 7.11 Å². The molecule has 0 radical (unpaired) electrons. The Morgan fingerprint density at radius 2 is 1.84 bits per heavy atom. The fraction of sp³-hybridized carbons (Fsp3) is 0.200. The quantitative estimate of drug-likeness (QED) is 0.925. The molecule has 2 aromatic rings. The average molecular weight is 322 g/mol. The van der Waals surface area contributed by atoms with Crippen LogP contribution in [0.2, 0.25) is 0 Å². The molecular weight excluding hydrogens is 306 g/mol. The third-order valence-electron chi connectivity index (χ3n) is 2.79. The number of hydrogen-bond donors (Lipinski definition) is 1. The molecule has 0 aliphatic rings. The van der Waals surface area contributed by atoms with E-state index in [-0.39, 0.29) is 0 Å². The Morgan fingerprint density at radius 1 is 1.05 bits per heavy atom. The van der Waals surface area contributed by atoms with Gasteiger partial charge in [-0.2, -0.15) is 0 Å². The largest absolute Gasteiger partial charge is 0.493 e. The normalized spacial score (nSPS) is 10.3. The summed E-state index contributed by atoms with van der Waals surface area (Å²) in [7, 11) is 1.63. The van der Waals surface area contributed by atoms with E-state index in [2.05, 4.69) is 15.9 Å². The topological polar surface area (TPSA) is 44.5 Å². The molecule has 0 bridgehead atoms. The van der Waals surface area contributed by atoms with E-state index in [1.165, 1.54) is 0 Å². The van der Waals surface area contributed by atoms with Crippen LogP contribution in [0.25, 0.3) is 0 Å². The number of aryl methyl sites for hydroxylation is 1. The molecule has 100 valence electrons. The number of ether oxygens (including phenoxy) is 2. The van der Waals surface area contributed by atoms with Crippen LogP contribution in [-0.2, 0) is 6.54 Å². The minimum absolute atomic E-state index is 0.427. The molecule has 0 saturated carbocycles. The number of methoxy groups -OCH3 is 1. The van der Waals surface area contributed by atoms with Gasteiger partial charge >= 0.3 is 0 Å². The van der Waals surface area contributed by atoms with Crippen molar-refractivity contribution < 1.29 is 9.47 Å². The number of halogens is 1. The summed E-state index contributed by atoms with van der Waals surface area (Å²) in [6.07, 6.45) is 0. The van der Waals surface area contributed by atoms with Crippen molar-refractivity contribution in [3.05, 3.63) is 52.0 Å². The molecular formula is C15H16BrNO2. The van der Waals surface area contributed by atoms with Crippen LogP contribution in [0.5, 0.6) is 17.2 Å². The smallest absolute Gasteiger partial charge is 0.169 e. The molecule has 0 heterocycles. The zero-order valence-corrected chi connectivity index (χ0v) is 12.5. The Kier molecular flexibility index (Phi) is 4.45. The van der Waals surface area contributed by atoms with Gasteiger partial charge in [0.2, 0.25) is 0 Å². The van der Waals surface area contributed by atoms with Crippen molar-refractivity contribution in [1.29, 1.82) is 0 Å². The van der Waals surface area contributed by atoms with Crippen molar-refractivity contribution in [2.24, 2.45) is 5.73 Å². The molecule has 19 heavy (non-hydrogen) atoms. The number of rotatable bonds is 4. The van der Waals surface area contributed by atoms with Crippen molar-refractivity contribution in [3.8, 4) is 17.2 Å². The van der Waals surface area contributed by atoms with Crippen molar-refractivity contribution in [1.82, 2.24) is 0 Å². The number of benzene rings is 2. The lowest BCUT2D eigenvalue weighted by molar-refractivity contribution is 0.377. The Morgan fingerprint density at radius 3 is 2.53 bits per heavy atom. The summed E-state index contributed by atoms with van der Waals surface area (Å²) in [4.78, 5) is 0. The highest BCUT2D eigenvalue weighted by molar-refractivity contribution is 9.10. The summed E-state index contributed by atoms with van der Waals surface area (Å²) < 4.78 is 12.2. The maximum absolute atomic E-state index is 5.92. The Labute approximate surface area is 121 Å². The van der Waals surface area contributed by atoms with Crippen LogP contribution < -0.4 is 15.2 Å². The minimum atomic E-state index is 0.427. The SMILES string of the molecule is COc1cc(C)ccc1Oc1cc(Br)ccc1CN. The van der Waals surface area contributed by atoms with Crippen LogP contribution >= 0.6 is 15.9 Å². The van der Waals surface area contributed by atoms with Gasteiger partial charge < -0.3 is 15.2 Å². The molecule has 0 fully saturated rings. The Balaban J connectivity index is 2.38. The van der Waals surface area contributed by atoms with Crippen molar-refractivity contribution in [3.63, 3.8) is 0 Å². The summed E-state index contributed by atoms with van der Waals surface area (Å²) in [5.74, 6) is 2.13. The standard InChI is InChI=1S/C15H16BrNO2/c1-10-3-6-13(15(7-10)18-2)19-14-8-12(16)5-4-11(14)9-17/h3-8H,9,17H2,1-2H3. The zero-order chi connectivity index (χ0) is 13.8. The number of nitrogens with two attached hydrogens (primary N) is 1. The van der Waals surface area contributed by atoms with Crippen LogP contribution in [0.1, 0.15) is 11.1 Å². The first-order valence-electron chi connectivity index (χ1n) is 5.95. The van der Waals surface area contributed by atoms with E-state index in [0.29, 0.717) is 18.0 Å². The first kappa shape index (κ1) is 13.9. The van der Waals surface area contributed by atoms with Crippen molar-refractivity contribution >= 4 is 15.9 Å². The Hall–Kier alpha value is -1.52. The highest BCUT2D eigenvalue weighted by Gasteiger charge is 2.09. The average Bonchev–Trinajstić information content (AvgIpc) is 2.41. The highest BCUT2D eigenvalue weighted by Crippen LogP contribution is 2.34. The molecule has 0 amide bonds. The van der Waals surface area contributed by atoms with E-state index in [1.54, 1.807) is 7.11 Å². The highest BCUT2D eigenvalue weighted by atomic mass is 79.9. The lowest BCUT2D eigenvalue weighted by Crippen LogP contribution is -2.00. The second kappa shape index (κ2) is 6.08. The predicted molar refractivity (Wildman–Crippen MR) is 79.8 cm³/mol. The van der Waals surface area contributed by atoms with Gasteiger partial charge in [0.25, 0.3) is 0 Å². The monoisotopic (exact) mass is 321 g/mol. The van der Waals surface area contributed by atoms with E-state index in [1.807, 2.05) is 43.3 Å². The maximum atomic E-state index is 5.92. The molecule has 4 heteroatoms. The van der Waals surface area contributed by atoms with Gasteiger partial charge in [-0.1, -0.05) is 28.1 Å². The first-order valence-corrected chi connectivity index (χ1v) is 6.74. The summed E-state index contributed by atoms with van der Waals surface area (Å²) in [6, 6.07) is 11.6. The van der Waals surface area contributed by atoms with Crippen LogP contribution in [0, 0.1) is 6.92 Å². The van der Waals surface area contributed by atoms with Crippen LogP contribution in [0.4, 0.5) is 0 Å². The molecule has 0 spiro atoms. The van der Waals surface area contributed by atoms with Gasteiger partial charge in [-0.05, 0) is 36.8 Å². The van der Waals surface area contributed by atoms with Gasteiger partial charge in [-0.15, -0.1) is 0 Å². The molecule has 3 nitrogen and oxygen atoms in total. The van der Waals surface area contributed by atoms with E-state index < -0.39 is 0 Å². The lowest BCUT2D eigenvalue weighted by atomic mass is 10.2. The summed E-state index contributed by atoms with van der Waals surface area (Å²) in [6.45, 7) is 2.44. The van der Waals surface area contributed by atoms with E-state index in [0.717, 1.165) is 21.3 Å². The van der Waals surface area contributed by atoms with Crippen molar-refractivity contribution in [2.45, 2.75) is 13.5 Å². The van der Waals surface area contributed by atoms with Crippen LogP contribution in [-0.4, -0.2) is 7.11 Å². The summed E-state index contributed by atoms with van der Waals surface area (Å²) in [5.41, 5.74) is 7.79. The van der Waals surface area contributed by atoms with Gasteiger partial charge in [0, 0.05) is 16.6 Å². The molecule has 0 unspecified atom stereocenters. The molecule has 0 atom stereocenters. The molecule has 0 aliphatic heterocycles. The molecule has 0 saturated heterocycles. The van der Waals surface area contributed by atoms with Crippen molar-refractivity contribution in [2.75, 3.05) is 7.11 Å². The third kappa shape index (κ3) is 3.28. The fourth-order valence-corrected chi connectivity index (χ4v) is 2.11. The van der Waals surface area contributed by atoms with Gasteiger partial charge in [-0.25, -0.2) is 0 Å². The zero-order valence-electron chi connectivity index (χ0n) is 10.9. The van der Waals surface area contributed by atoms with Gasteiger partial charge in [-0.3, -0.25) is 0 Å². The molecule has 0 aliphatic carbocycles. The Bertz CT molecular complexity index is 584. The fourth-order valence-electron chi connectivity index (χ4n) is 1.77. The predicted octanol–water partition coefficient (Wildman–Crippen LogP) is 4.02. The molecule has 0 aromatic heterocycles. The molecule has 2 rings (SSSR count). The first-order chi connectivity index (χ1) is 9.13. The van der Waals surface area contributed by atoms with E-state index in [4.69, 9.17) is 15.2 Å². The summed E-state index contributed by atoms with van der Waals surface area (Å²) in [5, 5.41) is 0. The number of hydrogen-bond acceptors (Lipinski definition) is 3. The second-order valence-electron chi connectivity index (χ2n) is 4.21. The van der Waals surface area contributed by atoms with E-state index >= 15 is 0 Å². The minimum Gasteiger partial charge on any atom is -0.493 e. The molecule has 2 aromatic carbocycles. The van der Waals surface area contributed by atoms with Crippen LogP contribution in [0.15, 0.2) is 40.9 Å². The lowest BCUT2D eigenvalue weighted by Gasteiger charge is -2.13. The molecule has 2 N–H and O–H groups in total. The van der Waals surface area contributed by atoms with E-state index in [9.17, 15) is 0 Å². The van der Waals surface area contributed by atoms with Gasteiger partial charge in [0.1, 0.15) is 5.75 Å².